The molecule has 0 spiro atoms. The predicted molar refractivity (Wildman–Crippen MR) is 75.3 cm³/mol. The number of hydrogen-bond acceptors (Lipinski definition) is 4. The summed E-state index contributed by atoms with van der Waals surface area (Å²) in [6, 6.07) is 0. The van der Waals surface area contributed by atoms with Gasteiger partial charge >= 0.3 is 0 Å². The molecule has 0 aromatic carbocycles. The summed E-state index contributed by atoms with van der Waals surface area (Å²) >= 11 is 6.13. The van der Waals surface area contributed by atoms with Crippen molar-refractivity contribution in [3.8, 4) is 0 Å². The van der Waals surface area contributed by atoms with Crippen molar-refractivity contribution in [1.82, 2.24) is 9.97 Å². The van der Waals surface area contributed by atoms with Crippen molar-refractivity contribution >= 4 is 17.4 Å². The van der Waals surface area contributed by atoms with Gasteiger partial charge in [-0.15, -0.1) is 0 Å². The molecule has 4 nitrogen and oxygen atoms in total. The van der Waals surface area contributed by atoms with Crippen LogP contribution in [0.25, 0.3) is 0 Å². The van der Waals surface area contributed by atoms with Crippen LogP contribution < -0.4 is 4.90 Å². The van der Waals surface area contributed by atoms with E-state index in [0.717, 1.165) is 30.0 Å². The van der Waals surface area contributed by atoms with Crippen LogP contribution in [0.15, 0.2) is 0 Å². The topological polar surface area (TPSA) is 49.2 Å². The molecule has 0 bridgehead atoms. The highest BCUT2D eigenvalue weighted by Gasteiger charge is 2.19. The molecule has 1 aromatic heterocycles. The van der Waals surface area contributed by atoms with E-state index in [1.807, 2.05) is 18.9 Å². The van der Waals surface area contributed by atoms with E-state index >= 15 is 0 Å². The van der Waals surface area contributed by atoms with Crippen LogP contribution in [0, 0.1) is 6.92 Å². The Morgan fingerprint density at radius 3 is 2.44 bits per heavy atom. The first-order valence-electron chi connectivity index (χ1n) is 6.21. The molecule has 0 unspecified atom stereocenters. The fourth-order valence-electron chi connectivity index (χ4n) is 1.88. The summed E-state index contributed by atoms with van der Waals surface area (Å²) in [6.45, 7) is 8.02. The van der Waals surface area contributed by atoms with Gasteiger partial charge in [0.2, 0.25) is 0 Å². The zero-order chi connectivity index (χ0) is 13.9. The van der Waals surface area contributed by atoms with Crippen LogP contribution in [0.1, 0.15) is 38.6 Å². The molecule has 0 atom stereocenters. The second-order valence-corrected chi connectivity index (χ2v) is 5.66. The second-order valence-electron chi connectivity index (χ2n) is 5.30. The number of rotatable bonds is 5. The number of aliphatic hydroxyl groups is 1. The van der Waals surface area contributed by atoms with Gasteiger partial charge in [-0.1, -0.05) is 18.5 Å². The number of hydrogen-bond donors (Lipinski definition) is 1. The van der Waals surface area contributed by atoms with Crippen molar-refractivity contribution in [3.63, 3.8) is 0 Å². The van der Waals surface area contributed by atoms with Crippen LogP contribution in [-0.4, -0.2) is 34.3 Å². The lowest BCUT2D eigenvalue weighted by atomic mass is 10.1. The standard InChI is InChI=1S/C13H22ClN3O/c1-6-7-10-15-11(14)9(2)12(16-10)17(5)8-13(3,4)18/h18H,6-8H2,1-5H3. The van der Waals surface area contributed by atoms with E-state index in [1.165, 1.54) is 0 Å². The first kappa shape index (κ1) is 15.2. The van der Waals surface area contributed by atoms with Gasteiger partial charge in [-0.3, -0.25) is 0 Å². The molecule has 5 heteroatoms. The normalized spacial score (nSPS) is 11.7. The molecule has 0 aliphatic rings. The van der Waals surface area contributed by atoms with Gasteiger partial charge in [-0.05, 0) is 27.2 Å². The zero-order valence-corrected chi connectivity index (χ0v) is 12.5. The fraction of sp³-hybridized carbons (Fsp3) is 0.692. The predicted octanol–water partition coefficient (Wildman–Crippen LogP) is 2.60. The summed E-state index contributed by atoms with van der Waals surface area (Å²) < 4.78 is 0. The van der Waals surface area contributed by atoms with Gasteiger partial charge in [0.15, 0.2) is 0 Å². The Balaban J connectivity index is 3.06. The molecule has 102 valence electrons. The van der Waals surface area contributed by atoms with Crippen molar-refractivity contribution in [3.05, 3.63) is 16.5 Å². The number of likely N-dealkylation sites (N-methyl/N-ethyl adjacent to an activating group) is 1. The average molecular weight is 272 g/mol. The van der Waals surface area contributed by atoms with Gasteiger partial charge in [0.05, 0.1) is 5.60 Å². The van der Waals surface area contributed by atoms with E-state index in [4.69, 9.17) is 11.6 Å². The van der Waals surface area contributed by atoms with Gasteiger partial charge in [-0.25, -0.2) is 9.97 Å². The van der Waals surface area contributed by atoms with Gasteiger partial charge < -0.3 is 10.0 Å². The first-order valence-corrected chi connectivity index (χ1v) is 6.59. The summed E-state index contributed by atoms with van der Waals surface area (Å²) in [4.78, 5) is 10.7. The Labute approximate surface area is 114 Å². The molecule has 1 rings (SSSR count). The number of aryl methyl sites for hydroxylation is 1. The lowest BCUT2D eigenvalue weighted by Gasteiger charge is -2.27. The molecular formula is C13H22ClN3O. The molecule has 1 heterocycles. The molecule has 0 aliphatic carbocycles. The Hall–Kier alpha value is -0.870. The summed E-state index contributed by atoms with van der Waals surface area (Å²) in [5.74, 6) is 1.55. The van der Waals surface area contributed by atoms with Crippen LogP contribution in [0.3, 0.4) is 0 Å². The molecule has 0 fully saturated rings. The molecule has 18 heavy (non-hydrogen) atoms. The second kappa shape index (κ2) is 5.85. The van der Waals surface area contributed by atoms with Crippen molar-refractivity contribution in [2.24, 2.45) is 0 Å². The number of halogens is 1. The van der Waals surface area contributed by atoms with E-state index in [-0.39, 0.29) is 0 Å². The lowest BCUT2D eigenvalue weighted by molar-refractivity contribution is 0.0884. The molecule has 0 amide bonds. The van der Waals surface area contributed by atoms with Gasteiger partial charge in [0.25, 0.3) is 0 Å². The third-order valence-corrected chi connectivity index (χ3v) is 2.93. The third-order valence-electron chi connectivity index (χ3n) is 2.57. The number of aromatic nitrogens is 2. The highest BCUT2D eigenvalue weighted by atomic mass is 35.5. The summed E-state index contributed by atoms with van der Waals surface area (Å²) in [5.41, 5.74) is 0.0760. The largest absolute Gasteiger partial charge is 0.389 e. The van der Waals surface area contributed by atoms with Crippen LogP contribution in [-0.2, 0) is 6.42 Å². The average Bonchev–Trinajstić information content (AvgIpc) is 2.20. The number of anilines is 1. The van der Waals surface area contributed by atoms with E-state index < -0.39 is 5.60 Å². The molecule has 1 N–H and O–H groups in total. The van der Waals surface area contributed by atoms with E-state index in [9.17, 15) is 5.11 Å². The highest BCUT2D eigenvalue weighted by molar-refractivity contribution is 6.30. The zero-order valence-electron chi connectivity index (χ0n) is 11.8. The minimum Gasteiger partial charge on any atom is -0.389 e. The summed E-state index contributed by atoms with van der Waals surface area (Å²) in [6.07, 6.45) is 1.79. The third kappa shape index (κ3) is 4.10. The van der Waals surface area contributed by atoms with Crippen LogP contribution in [0.2, 0.25) is 5.15 Å². The quantitative estimate of drug-likeness (QED) is 0.837. The van der Waals surface area contributed by atoms with E-state index in [2.05, 4.69) is 16.9 Å². The molecular weight excluding hydrogens is 250 g/mol. The lowest BCUT2D eigenvalue weighted by Crippen LogP contribution is -2.37. The molecule has 0 aliphatic heterocycles. The monoisotopic (exact) mass is 271 g/mol. The van der Waals surface area contributed by atoms with Crippen LogP contribution >= 0.6 is 11.6 Å². The first-order chi connectivity index (χ1) is 8.24. The van der Waals surface area contributed by atoms with Crippen molar-refractivity contribution < 1.29 is 5.11 Å². The Morgan fingerprint density at radius 1 is 1.33 bits per heavy atom. The minimum atomic E-state index is -0.774. The smallest absolute Gasteiger partial charge is 0.137 e. The molecule has 0 saturated carbocycles. The summed E-state index contributed by atoms with van der Waals surface area (Å²) in [5, 5.41) is 10.4. The maximum atomic E-state index is 9.86. The van der Waals surface area contributed by atoms with Crippen LogP contribution in [0.4, 0.5) is 5.82 Å². The van der Waals surface area contributed by atoms with Gasteiger partial charge in [0.1, 0.15) is 16.8 Å². The van der Waals surface area contributed by atoms with Crippen molar-refractivity contribution in [2.75, 3.05) is 18.5 Å². The van der Waals surface area contributed by atoms with Crippen LogP contribution in [0.5, 0.6) is 0 Å². The maximum absolute atomic E-state index is 9.86. The molecule has 0 saturated heterocycles. The van der Waals surface area contributed by atoms with Crippen molar-refractivity contribution in [1.29, 1.82) is 0 Å². The minimum absolute atomic E-state index is 0.492. The SMILES string of the molecule is CCCc1nc(Cl)c(C)c(N(C)CC(C)(C)O)n1. The summed E-state index contributed by atoms with van der Waals surface area (Å²) in [7, 11) is 1.90. The fourth-order valence-corrected chi connectivity index (χ4v) is 2.06. The number of nitrogens with zero attached hydrogens (tertiary/aromatic N) is 3. The van der Waals surface area contributed by atoms with Crippen molar-refractivity contribution in [2.45, 2.75) is 46.1 Å². The maximum Gasteiger partial charge on any atom is 0.137 e. The Bertz CT molecular complexity index is 415. The van der Waals surface area contributed by atoms with Gasteiger partial charge in [-0.2, -0.15) is 0 Å². The van der Waals surface area contributed by atoms with E-state index in [1.54, 1.807) is 13.8 Å². The van der Waals surface area contributed by atoms with E-state index in [0.29, 0.717) is 11.7 Å². The van der Waals surface area contributed by atoms with Gasteiger partial charge in [0, 0.05) is 25.6 Å². The molecule has 1 aromatic rings. The Kier molecular flexibility index (Phi) is 4.93. The Morgan fingerprint density at radius 2 is 1.94 bits per heavy atom. The highest BCUT2D eigenvalue weighted by Crippen LogP contribution is 2.24. The molecule has 0 radical (unpaired) electrons.